The van der Waals surface area contributed by atoms with Gasteiger partial charge in [0.25, 0.3) is 0 Å². The SMILES string of the molecule is CC(C)(C)C(=O)[O-].CC(C)(C)C(=O)[O-].CC(C)(C)C(=O)[O-].CC(C)(C)C(=O)[O-].COc1cccc(C=N[C@@](C)(C[O-])CO)c1[O-].COc1cccc(C=N[C@@](C)(C[O-])CO)c1[O-].COc1cccc(C=N[C@](C)(C[O-])CO)c1[O-].O.[Dy+3].[Mn+3].[Mn+3].[Mn+3].[N-]=[N+]=[N-].[Na+].[O-2].[OH3+]. The molecule has 0 fully saturated rings. The van der Waals surface area contributed by atoms with Crippen LogP contribution in [0.2, 0.25) is 0 Å². The summed E-state index contributed by atoms with van der Waals surface area (Å²) in [7, 11) is 4.23. The number of benzene rings is 3. The first-order chi connectivity index (χ1) is 37.4. The molecule has 0 aliphatic rings. The molecule has 0 amide bonds. The number of aliphatic hydroxyl groups is 3. The van der Waals surface area contributed by atoms with Crippen LogP contribution in [0.15, 0.2) is 69.6 Å². The third-order valence-electron chi connectivity index (χ3n) is 9.64. The molecule has 90 heavy (non-hydrogen) atoms. The fourth-order valence-electron chi connectivity index (χ4n) is 3.43. The van der Waals surface area contributed by atoms with E-state index in [-0.39, 0.29) is 190 Å². The number of ether oxygens (including phenoxy) is 3. The van der Waals surface area contributed by atoms with E-state index in [2.05, 4.69) is 15.0 Å². The summed E-state index contributed by atoms with van der Waals surface area (Å²) in [5, 5.41) is 134. The Morgan fingerprint density at radius 1 is 0.467 bits per heavy atom. The minimum absolute atomic E-state index is 0. The van der Waals surface area contributed by atoms with Gasteiger partial charge >= 0.3 is 119 Å². The Hall–Kier alpha value is -3.87. The van der Waals surface area contributed by atoms with Gasteiger partial charge in [-0.05, 0) is 55.7 Å². The van der Waals surface area contributed by atoms with Crippen molar-refractivity contribution in [2.45, 2.75) is 120 Å². The van der Waals surface area contributed by atoms with Crippen molar-refractivity contribution in [1.29, 1.82) is 0 Å². The number of aliphatic imine (C=N–C) groups is 3. The van der Waals surface area contributed by atoms with E-state index in [1.807, 2.05) is 0 Å². The molecule has 8 N–H and O–H groups in total. The largest absolute Gasteiger partial charge is 3.00 e. The molecule has 0 heterocycles. The fourth-order valence-corrected chi connectivity index (χ4v) is 3.43. The summed E-state index contributed by atoms with van der Waals surface area (Å²) in [6.07, 6.45) is 3.91. The van der Waals surface area contributed by atoms with Gasteiger partial charge in [-0.25, -0.2) is 0 Å². The van der Waals surface area contributed by atoms with E-state index in [9.17, 15) is 70.2 Å². The number of carbonyl (C=O) groups excluding carboxylic acids is 4. The van der Waals surface area contributed by atoms with Crippen LogP contribution >= 0.6 is 0 Å². The summed E-state index contributed by atoms with van der Waals surface area (Å²) in [5.41, 5.74) is 8.45. The molecule has 29 nitrogen and oxygen atoms in total. The van der Waals surface area contributed by atoms with Crippen molar-refractivity contribution in [1.82, 2.24) is 0 Å². The average Bonchev–Trinajstić information content (AvgIpc) is 3.40. The second-order valence-corrected chi connectivity index (χ2v) is 22.0. The van der Waals surface area contributed by atoms with Crippen molar-refractivity contribution in [3.63, 3.8) is 0 Å². The number of hydrogen-bond acceptors (Lipinski definition) is 23. The van der Waals surface area contributed by atoms with Crippen LogP contribution in [-0.2, 0) is 81.3 Å². The van der Waals surface area contributed by atoms with Gasteiger partial charge in [-0.15, -0.1) is 19.8 Å². The Labute approximate surface area is 612 Å². The maximum atomic E-state index is 11.7. The van der Waals surface area contributed by atoms with E-state index in [0.29, 0.717) is 16.7 Å². The van der Waals surface area contributed by atoms with Crippen LogP contribution in [0.5, 0.6) is 34.5 Å². The van der Waals surface area contributed by atoms with E-state index in [1.165, 1.54) is 65.7 Å². The van der Waals surface area contributed by atoms with Gasteiger partial charge in [-0.2, -0.15) is 0 Å². The Balaban J connectivity index is -0.0000000708. The number of nitrogens with zero attached hydrogens (tertiary/aromatic N) is 6. The smallest absolute Gasteiger partial charge is 2.00 e. The van der Waals surface area contributed by atoms with Gasteiger partial charge in [-0.1, -0.05) is 137 Å². The predicted octanol–water partition coefficient (Wildman–Crippen LogP) is -6.98. The Morgan fingerprint density at radius 3 is 0.711 bits per heavy atom. The molecule has 3 rings (SSSR count). The van der Waals surface area contributed by atoms with Crippen molar-refractivity contribution in [2.24, 2.45) is 36.6 Å². The van der Waals surface area contributed by atoms with Crippen LogP contribution in [0.3, 0.4) is 0 Å². The normalized spacial score (nSPS) is 12.0. The van der Waals surface area contributed by atoms with Crippen molar-refractivity contribution in [3.8, 4) is 34.5 Å². The van der Waals surface area contributed by atoms with E-state index >= 15 is 0 Å². The van der Waals surface area contributed by atoms with Crippen LogP contribution in [0.25, 0.3) is 16.0 Å². The van der Waals surface area contributed by atoms with Gasteiger partial charge in [0.05, 0.1) is 57.8 Å². The first-order valence-corrected chi connectivity index (χ1v) is 24.5. The summed E-state index contributed by atoms with van der Waals surface area (Å²) in [6.45, 7) is 21.1. The first kappa shape index (κ1) is 117. The number of carbonyl (C=O) groups is 4. The molecular weight excluding hydrogens is 1470 g/mol. The van der Waals surface area contributed by atoms with Gasteiger partial charge in [0.15, 0.2) is 0 Å². The summed E-state index contributed by atoms with van der Waals surface area (Å²) >= 11 is 0. The number of para-hydroxylation sites is 3. The standard InChI is InChI=1S/3C12H16NO4.4C5H10O2.Dy.3Mn.N3.Na.2H2O.O/c3*1-12(7-14,8-15)13-6-9-4-3-5-10(17-2)11(9)16;4*1-5(2,3)4(6)7;;;;;1-3-2;;;;/h3*3-6,14,16H,7-8H2,1-2H3;4*1-3H3,(H,6,7);;;;;;;2*1H2;/q3*-1;;;;;4*+3;-1;+1;;;-2/p-6/t3*12-;;;;;;;;;;;;;/m110............./s1. The van der Waals surface area contributed by atoms with E-state index in [1.54, 1.807) is 138 Å². The molecule has 0 spiro atoms. The number of aliphatic carboxylic acids is 4. The maximum Gasteiger partial charge on any atom is 3.00 e. The zero-order valence-electron chi connectivity index (χ0n) is 54.1. The second kappa shape index (κ2) is 57.8. The molecule has 0 unspecified atom stereocenters. The zero-order valence-corrected chi connectivity index (χ0v) is 61.6. The maximum absolute atomic E-state index is 11.7. The molecule has 0 aliphatic heterocycles. The van der Waals surface area contributed by atoms with Gasteiger partial charge < -0.3 is 127 Å². The monoisotopic (exact) mass is 1560 g/mol. The minimum Gasteiger partial charge on any atom is -2.00 e. The van der Waals surface area contributed by atoms with Gasteiger partial charge in [0.1, 0.15) is 17.2 Å². The molecule has 0 aliphatic carbocycles. The number of aliphatic hydroxyl groups excluding tert-OH is 3. The second-order valence-electron chi connectivity index (χ2n) is 22.0. The number of rotatable bonds is 15. The molecule has 34 heteroatoms. The van der Waals surface area contributed by atoms with Crippen LogP contribution < -0.4 is 94.8 Å². The fraction of sp³-hybridized carbons (Fsp3) is 0.554. The molecule has 0 saturated heterocycles. The van der Waals surface area contributed by atoms with Crippen molar-refractivity contribution in [3.05, 3.63) is 87.3 Å². The topological polar surface area (TPSA) is 576 Å². The molecule has 3 atom stereocenters. The quantitative estimate of drug-likeness (QED) is 0.0318. The van der Waals surface area contributed by atoms with Gasteiger partial charge in [0, 0.05) is 64.2 Å². The van der Waals surface area contributed by atoms with E-state index in [0.717, 1.165) is 0 Å². The number of methoxy groups -OCH3 is 3. The van der Waals surface area contributed by atoms with Crippen molar-refractivity contribution >= 4 is 42.5 Å². The first-order valence-electron chi connectivity index (χ1n) is 24.5. The predicted molar refractivity (Wildman–Crippen MR) is 298 cm³/mol. The van der Waals surface area contributed by atoms with Crippen LogP contribution in [-0.4, -0.2) is 141 Å². The molecule has 0 bridgehead atoms. The number of carboxylic acids is 4. The van der Waals surface area contributed by atoms with Crippen LogP contribution in [0.1, 0.15) is 121 Å². The molecule has 0 saturated carbocycles. The number of carboxylic acid groups (broad SMARTS) is 4. The summed E-state index contributed by atoms with van der Waals surface area (Å²) in [4.78, 5) is 53.0. The van der Waals surface area contributed by atoms with Crippen molar-refractivity contribution in [2.75, 3.05) is 61.0 Å². The molecule has 3 aromatic carbocycles. The van der Waals surface area contributed by atoms with Crippen LogP contribution in [0.4, 0.5) is 0 Å². The molecule has 3 aromatic rings. The van der Waals surface area contributed by atoms with Gasteiger partial charge in [-0.3, -0.25) is 19.9 Å². The molecule has 0 aromatic heterocycles. The van der Waals surface area contributed by atoms with Crippen LogP contribution in [0, 0.1) is 59.8 Å². The third kappa shape index (κ3) is 53.6. The molecular formula is C56H86DyMn3N6NaO23+. The Morgan fingerprint density at radius 2 is 0.611 bits per heavy atom. The Bertz CT molecular complexity index is 2230. The third-order valence-corrected chi connectivity index (χ3v) is 9.64. The zero-order chi connectivity index (χ0) is 65.7. The summed E-state index contributed by atoms with van der Waals surface area (Å²) in [6, 6.07) is 14.4. The Kier molecular flexibility index (Phi) is 74.9. The minimum atomic E-state index is -1.09. The number of hydrogen-bond donors (Lipinski definition) is 3. The molecule has 1 radical (unpaired) electrons. The van der Waals surface area contributed by atoms with E-state index in [4.69, 9.17) is 40.6 Å². The summed E-state index contributed by atoms with van der Waals surface area (Å²) < 4.78 is 14.7. The van der Waals surface area contributed by atoms with E-state index < -0.39 is 82.0 Å². The summed E-state index contributed by atoms with van der Waals surface area (Å²) in [5.74, 6) is -4.22. The average molecular weight is 1560 g/mol. The molecule has 509 valence electrons. The van der Waals surface area contributed by atoms with Crippen molar-refractivity contribution < 1.29 is 235 Å². The van der Waals surface area contributed by atoms with Gasteiger partial charge in [0.2, 0.25) is 0 Å².